The lowest BCUT2D eigenvalue weighted by Gasteiger charge is -2.27. The zero-order valence-corrected chi connectivity index (χ0v) is 12.9. The number of non-ortho nitro benzene ring substituents is 1. The van der Waals surface area contributed by atoms with E-state index in [0.717, 1.165) is 11.3 Å². The third-order valence-corrected chi connectivity index (χ3v) is 4.36. The Hall–Kier alpha value is -1.60. The van der Waals surface area contributed by atoms with Gasteiger partial charge >= 0.3 is 0 Å². The number of nitrogens with one attached hydrogen (secondary N) is 1. The molecule has 1 aromatic rings. The highest BCUT2D eigenvalue weighted by atomic mass is 32.2. The molecule has 21 heavy (non-hydrogen) atoms. The Bertz CT molecular complexity index is 521. The molecular formula is C14H19N3O3S. The summed E-state index contributed by atoms with van der Waals surface area (Å²) >= 11 is 1.76. The Balaban J connectivity index is 2.13. The van der Waals surface area contributed by atoms with Gasteiger partial charge in [0, 0.05) is 18.7 Å². The number of nitrogens with zero attached hydrogens (tertiary/aromatic N) is 2. The summed E-state index contributed by atoms with van der Waals surface area (Å²) < 4.78 is 0. The topological polar surface area (TPSA) is 75.5 Å². The van der Waals surface area contributed by atoms with Crippen LogP contribution in [-0.4, -0.2) is 40.8 Å². The average molecular weight is 309 g/mol. The van der Waals surface area contributed by atoms with E-state index in [1.165, 1.54) is 12.1 Å². The van der Waals surface area contributed by atoms with Gasteiger partial charge in [0.2, 0.25) is 5.91 Å². The van der Waals surface area contributed by atoms with E-state index in [4.69, 9.17) is 0 Å². The Morgan fingerprint density at radius 1 is 1.48 bits per heavy atom. The lowest BCUT2D eigenvalue weighted by Crippen LogP contribution is -2.34. The molecule has 0 bridgehead atoms. The molecule has 0 aliphatic carbocycles. The van der Waals surface area contributed by atoms with E-state index in [0.29, 0.717) is 19.0 Å². The smallest absolute Gasteiger partial charge is 0.269 e. The molecule has 0 radical (unpaired) electrons. The van der Waals surface area contributed by atoms with Crippen LogP contribution >= 0.6 is 11.8 Å². The lowest BCUT2D eigenvalue weighted by molar-refractivity contribution is -0.384. The van der Waals surface area contributed by atoms with Crippen molar-refractivity contribution in [2.45, 2.75) is 13.1 Å². The summed E-state index contributed by atoms with van der Waals surface area (Å²) in [6.45, 7) is 3.12. The van der Waals surface area contributed by atoms with Crippen molar-refractivity contribution in [1.29, 1.82) is 0 Å². The zero-order valence-electron chi connectivity index (χ0n) is 12.1. The van der Waals surface area contributed by atoms with Crippen molar-refractivity contribution >= 4 is 23.4 Å². The highest BCUT2D eigenvalue weighted by Gasteiger charge is 2.32. The van der Waals surface area contributed by atoms with Crippen LogP contribution < -0.4 is 5.32 Å². The SMILES string of the molecule is CSCC(C)CN1C(=O)CNC1c1ccc([N+](=O)[O-])cc1. The standard InChI is InChI=1S/C14H19N3O3S/c1-10(9-21-2)8-16-13(18)7-15-14(16)11-3-5-12(6-4-11)17(19)20/h3-6,10,14-15H,7-9H2,1-2H3. The van der Waals surface area contributed by atoms with Crippen molar-refractivity contribution in [3.05, 3.63) is 39.9 Å². The molecule has 1 amide bonds. The summed E-state index contributed by atoms with van der Waals surface area (Å²) in [5, 5.41) is 13.9. The van der Waals surface area contributed by atoms with E-state index in [2.05, 4.69) is 12.2 Å². The number of benzene rings is 1. The van der Waals surface area contributed by atoms with E-state index in [1.807, 2.05) is 11.2 Å². The van der Waals surface area contributed by atoms with Gasteiger partial charge in [-0.3, -0.25) is 20.2 Å². The van der Waals surface area contributed by atoms with Gasteiger partial charge in [-0.15, -0.1) is 0 Å². The summed E-state index contributed by atoms with van der Waals surface area (Å²) in [7, 11) is 0. The maximum Gasteiger partial charge on any atom is 0.269 e. The molecule has 114 valence electrons. The van der Waals surface area contributed by atoms with Crippen LogP contribution in [0, 0.1) is 16.0 Å². The quantitative estimate of drug-likeness (QED) is 0.643. The number of hydrogen-bond donors (Lipinski definition) is 1. The molecule has 1 aliphatic heterocycles. The van der Waals surface area contributed by atoms with Crippen molar-refractivity contribution in [2.24, 2.45) is 5.92 Å². The van der Waals surface area contributed by atoms with E-state index in [1.54, 1.807) is 23.9 Å². The maximum atomic E-state index is 12.0. The molecule has 0 aromatic heterocycles. The molecule has 2 rings (SSSR count). The van der Waals surface area contributed by atoms with Crippen LogP contribution in [0.4, 0.5) is 5.69 Å². The van der Waals surface area contributed by atoms with E-state index >= 15 is 0 Å². The number of nitro benzene ring substituents is 1. The van der Waals surface area contributed by atoms with Gasteiger partial charge in [-0.2, -0.15) is 11.8 Å². The van der Waals surface area contributed by atoms with Gasteiger partial charge in [0.25, 0.3) is 5.69 Å². The molecule has 2 unspecified atom stereocenters. The largest absolute Gasteiger partial charge is 0.322 e. The minimum absolute atomic E-state index is 0.0605. The minimum atomic E-state index is -0.421. The van der Waals surface area contributed by atoms with Crippen molar-refractivity contribution < 1.29 is 9.72 Å². The maximum absolute atomic E-state index is 12.0. The molecule has 1 aromatic carbocycles. The number of thioether (sulfide) groups is 1. The van der Waals surface area contributed by atoms with Gasteiger partial charge < -0.3 is 4.90 Å². The number of hydrogen-bond acceptors (Lipinski definition) is 5. The number of nitro groups is 1. The minimum Gasteiger partial charge on any atom is -0.322 e. The number of rotatable bonds is 6. The first-order chi connectivity index (χ1) is 10.0. The number of carbonyl (C=O) groups is 1. The second-order valence-corrected chi connectivity index (χ2v) is 6.15. The first-order valence-electron chi connectivity index (χ1n) is 6.79. The van der Waals surface area contributed by atoms with Crippen molar-refractivity contribution in [1.82, 2.24) is 10.2 Å². The zero-order chi connectivity index (χ0) is 15.4. The molecule has 1 aliphatic rings. The Morgan fingerprint density at radius 3 is 2.71 bits per heavy atom. The molecule has 2 atom stereocenters. The highest BCUT2D eigenvalue weighted by Crippen LogP contribution is 2.25. The van der Waals surface area contributed by atoms with Crippen LogP contribution in [0.1, 0.15) is 18.7 Å². The van der Waals surface area contributed by atoms with Crippen molar-refractivity contribution in [2.75, 3.05) is 25.1 Å². The highest BCUT2D eigenvalue weighted by molar-refractivity contribution is 7.98. The van der Waals surface area contributed by atoms with Gasteiger partial charge in [0.05, 0.1) is 11.5 Å². The summed E-state index contributed by atoms with van der Waals surface area (Å²) in [4.78, 5) is 24.1. The Kier molecular flexibility index (Phi) is 5.19. The molecule has 1 fully saturated rings. The first-order valence-corrected chi connectivity index (χ1v) is 8.18. The molecule has 6 nitrogen and oxygen atoms in total. The number of amides is 1. The fraction of sp³-hybridized carbons (Fsp3) is 0.500. The van der Waals surface area contributed by atoms with E-state index < -0.39 is 4.92 Å². The van der Waals surface area contributed by atoms with E-state index in [9.17, 15) is 14.9 Å². The second-order valence-electron chi connectivity index (χ2n) is 5.24. The van der Waals surface area contributed by atoms with Gasteiger partial charge in [-0.25, -0.2) is 0 Å². The van der Waals surface area contributed by atoms with Crippen LogP contribution in [-0.2, 0) is 4.79 Å². The van der Waals surface area contributed by atoms with Gasteiger partial charge in [0.1, 0.15) is 6.17 Å². The molecule has 0 spiro atoms. The Morgan fingerprint density at radius 2 is 2.14 bits per heavy atom. The van der Waals surface area contributed by atoms with Crippen LogP contribution in [0.3, 0.4) is 0 Å². The summed E-state index contributed by atoms with van der Waals surface area (Å²) in [6.07, 6.45) is 1.86. The molecule has 0 saturated carbocycles. The summed E-state index contributed by atoms with van der Waals surface area (Å²) in [5.41, 5.74) is 0.938. The predicted octanol–water partition coefficient (Wildman–Crippen LogP) is 2.02. The summed E-state index contributed by atoms with van der Waals surface area (Å²) in [5.74, 6) is 1.48. The third-order valence-electron chi connectivity index (χ3n) is 3.46. The molecule has 7 heteroatoms. The average Bonchev–Trinajstić information content (AvgIpc) is 2.81. The normalized spacial score (nSPS) is 19.8. The van der Waals surface area contributed by atoms with E-state index in [-0.39, 0.29) is 17.8 Å². The molecule has 1 heterocycles. The third kappa shape index (κ3) is 3.74. The van der Waals surface area contributed by atoms with Crippen LogP contribution in [0.2, 0.25) is 0 Å². The van der Waals surface area contributed by atoms with Crippen LogP contribution in [0.15, 0.2) is 24.3 Å². The predicted molar refractivity (Wildman–Crippen MR) is 83.1 cm³/mol. The van der Waals surface area contributed by atoms with Gasteiger partial charge in [-0.1, -0.05) is 6.92 Å². The lowest BCUT2D eigenvalue weighted by atomic mass is 10.1. The van der Waals surface area contributed by atoms with Crippen LogP contribution in [0.5, 0.6) is 0 Å². The van der Waals surface area contributed by atoms with Gasteiger partial charge in [-0.05, 0) is 35.6 Å². The second kappa shape index (κ2) is 6.91. The monoisotopic (exact) mass is 309 g/mol. The fourth-order valence-electron chi connectivity index (χ4n) is 2.50. The van der Waals surface area contributed by atoms with Crippen molar-refractivity contribution in [3.8, 4) is 0 Å². The van der Waals surface area contributed by atoms with Gasteiger partial charge in [0.15, 0.2) is 0 Å². The number of carbonyl (C=O) groups excluding carboxylic acids is 1. The Labute approximate surface area is 128 Å². The fourth-order valence-corrected chi connectivity index (χ4v) is 3.17. The molecular weight excluding hydrogens is 290 g/mol. The van der Waals surface area contributed by atoms with Crippen LogP contribution in [0.25, 0.3) is 0 Å². The molecule has 1 N–H and O–H groups in total. The summed E-state index contributed by atoms with van der Waals surface area (Å²) in [6, 6.07) is 6.37. The van der Waals surface area contributed by atoms with Crippen molar-refractivity contribution in [3.63, 3.8) is 0 Å². The first kappa shape index (κ1) is 15.8. The molecule has 1 saturated heterocycles.